The van der Waals surface area contributed by atoms with Crippen LogP contribution < -0.4 is 0 Å². The molecular formula is C17H27F2N3O. The van der Waals surface area contributed by atoms with Gasteiger partial charge in [-0.1, -0.05) is 6.07 Å². The van der Waals surface area contributed by atoms with Crippen molar-refractivity contribution in [1.29, 1.82) is 0 Å². The number of β-amino-alcohol motifs (C(OH)–C–C–N with tert-alkyl or cyclic N) is 1. The molecule has 2 rings (SSSR count). The van der Waals surface area contributed by atoms with Crippen LogP contribution in [0.5, 0.6) is 0 Å². The van der Waals surface area contributed by atoms with Crippen LogP contribution >= 0.6 is 0 Å². The second-order valence-electron chi connectivity index (χ2n) is 6.51. The number of hydrogen-bond donors (Lipinski definition) is 1. The molecule has 1 aromatic rings. The van der Waals surface area contributed by atoms with Crippen LogP contribution in [0.4, 0.5) is 8.78 Å². The number of hydrogen-bond acceptors (Lipinski definition) is 4. The van der Waals surface area contributed by atoms with Crippen molar-refractivity contribution in [3.05, 3.63) is 35.4 Å². The molecule has 1 aliphatic rings. The second kappa shape index (κ2) is 8.15. The minimum atomic E-state index is -0.544. The topological polar surface area (TPSA) is 30.0 Å². The van der Waals surface area contributed by atoms with Crippen LogP contribution in [-0.4, -0.2) is 79.3 Å². The molecule has 2 atom stereocenters. The summed E-state index contributed by atoms with van der Waals surface area (Å²) in [6.45, 7) is 6.60. The van der Waals surface area contributed by atoms with E-state index in [4.69, 9.17) is 0 Å². The van der Waals surface area contributed by atoms with Crippen LogP contribution in [0.15, 0.2) is 18.2 Å². The number of nitrogens with zero attached hydrogens (tertiary/aromatic N) is 3. The average molecular weight is 327 g/mol. The maximum Gasteiger partial charge on any atom is 0.130 e. The fraction of sp³-hybridized carbons (Fsp3) is 0.647. The lowest BCUT2D eigenvalue weighted by Gasteiger charge is -2.35. The van der Waals surface area contributed by atoms with Gasteiger partial charge in [-0.3, -0.25) is 9.80 Å². The Morgan fingerprint density at radius 2 is 1.74 bits per heavy atom. The molecule has 130 valence electrons. The third kappa shape index (κ3) is 4.94. The zero-order valence-electron chi connectivity index (χ0n) is 14.2. The Hall–Kier alpha value is -1.08. The maximum atomic E-state index is 13.9. The lowest BCUT2D eigenvalue weighted by Crippen LogP contribution is -2.48. The molecule has 0 aromatic heterocycles. The van der Waals surface area contributed by atoms with Gasteiger partial charge in [-0.25, -0.2) is 8.78 Å². The minimum absolute atomic E-state index is 0.0572. The molecule has 1 aliphatic heterocycles. The molecular weight excluding hydrogens is 300 g/mol. The van der Waals surface area contributed by atoms with E-state index in [0.717, 1.165) is 26.2 Å². The highest BCUT2D eigenvalue weighted by Gasteiger charge is 2.23. The monoisotopic (exact) mass is 327 g/mol. The molecule has 1 saturated heterocycles. The minimum Gasteiger partial charge on any atom is -0.390 e. The van der Waals surface area contributed by atoms with Crippen molar-refractivity contribution in [2.75, 3.05) is 53.4 Å². The van der Waals surface area contributed by atoms with E-state index in [1.165, 1.54) is 18.2 Å². The largest absolute Gasteiger partial charge is 0.390 e. The standard InChI is InChI=1S/C17H27F2N3O/c1-13(17-15(18)5-4-6-16(17)19)21(3)11-14(23)12-22-9-7-20(2)8-10-22/h4-6,13-14,23H,7-12H2,1-3H3. The summed E-state index contributed by atoms with van der Waals surface area (Å²) in [5, 5.41) is 10.3. The van der Waals surface area contributed by atoms with E-state index in [-0.39, 0.29) is 5.56 Å². The molecule has 0 amide bonds. The molecule has 1 heterocycles. The Morgan fingerprint density at radius 1 is 1.17 bits per heavy atom. The highest BCUT2D eigenvalue weighted by molar-refractivity contribution is 5.22. The lowest BCUT2D eigenvalue weighted by molar-refractivity contribution is 0.0523. The molecule has 1 aromatic carbocycles. The molecule has 1 fully saturated rings. The second-order valence-corrected chi connectivity index (χ2v) is 6.51. The summed E-state index contributed by atoms with van der Waals surface area (Å²) < 4.78 is 27.7. The summed E-state index contributed by atoms with van der Waals surface area (Å²) in [7, 11) is 3.87. The Morgan fingerprint density at radius 3 is 2.30 bits per heavy atom. The van der Waals surface area contributed by atoms with E-state index in [1.807, 2.05) is 0 Å². The first-order valence-electron chi connectivity index (χ1n) is 8.11. The summed E-state index contributed by atoms with van der Waals surface area (Å²) in [6, 6.07) is 3.47. The molecule has 0 spiro atoms. The van der Waals surface area contributed by atoms with Gasteiger partial charge in [-0.2, -0.15) is 0 Å². The van der Waals surface area contributed by atoms with Crippen LogP contribution in [-0.2, 0) is 0 Å². The summed E-state index contributed by atoms with van der Waals surface area (Å²) in [4.78, 5) is 6.28. The van der Waals surface area contributed by atoms with Gasteiger partial charge >= 0.3 is 0 Å². The van der Waals surface area contributed by atoms with Gasteiger partial charge in [-0.15, -0.1) is 0 Å². The van der Waals surface area contributed by atoms with Crippen LogP contribution in [0.2, 0.25) is 0 Å². The van der Waals surface area contributed by atoms with E-state index in [9.17, 15) is 13.9 Å². The van der Waals surface area contributed by atoms with Gasteiger partial charge in [0, 0.05) is 50.9 Å². The zero-order valence-corrected chi connectivity index (χ0v) is 14.2. The van der Waals surface area contributed by atoms with Crippen molar-refractivity contribution in [2.45, 2.75) is 19.1 Å². The van der Waals surface area contributed by atoms with E-state index >= 15 is 0 Å². The first-order chi connectivity index (χ1) is 10.9. The van der Waals surface area contributed by atoms with Crippen LogP contribution in [0.1, 0.15) is 18.5 Å². The highest BCUT2D eigenvalue weighted by Crippen LogP contribution is 2.24. The van der Waals surface area contributed by atoms with E-state index in [1.54, 1.807) is 18.9 Å². The third-order valence-electron chi connectivity index (χ3n) is 4.64. The molecule has 4 nitrogen and oxygen atoms in total. The third-order valence-corrected chi connectivity index (χ3v) is 4.64. The SMILES string of the molecule is CC(c1c(F)cccc1F)N(C)CC(O)CN1CCN(C)CC1. The van der Waals surface area contributed by atoms with Gasteiger partial charge in [0.15, 0.2) is 0 Å². The summed E-state index contributed by atoms with van der Waals surface area (Å²) in [5.41, 5.74) is 0.0572. The molecule has 2 unspecified atom stereocenters. The van der Waals surface area contributed by atoms with Crippen LogP contribution in [0, 0.1) is 11.6 Å². The fourth-order valence-electron chi connectivity index (χ4n) is 3.01. The van der Waals surface area contributed by atoms with Gasteiger partial charge in [0.1, 0.15) is 11.6 Å². The predicted octanol–water partition coefficient (Wildman–Crippen LogP) is 1.57. The smallest absolute Gasteiger partial charge is 0.130 e. The van der Waals surface area contributed by atoms with Crippen molar-refractivity contribution >= 4 is 0 Å². The Labute approximate surface area is 137 Å². The van der Waals surface area contributed by atoms with Gasteiger partial charge < -0.3 is 10.0 Å². The Bertz CT molecular complexity index is 486. The highest BCUT2D eigenvalue weighted by atomic mass is 19.1. The number of rotatable bonds is 6. The van der Waals surface area contributed by atoms with Crippen LogP contribution in [0.25, 0.3) is 0 Å². The van der Waals surface area contributed by atoms with Gasteiger partial charge in [0.05, 0.1) is 6.10 Å². The van der Waals surface area contributed by atoms with Gasteiger partial charge in [0.2, 0.25) is 0 Å². The number of aliphatic hydroxyl groups excluding tert-OH is 1. The van der Waals surface area contributed by atoms with E-state index < -0.39 is 23.8 Å². The molecule has 0 aliphatic carbocycles. The van der Waals surface area contributed by atoms with Crippen molar-refractivity contribution < 1.29 is 13.9 Å². The van der Waals surface area contributed by atoms with E-state index in [2.05, 4.69) is 16.8 Å². The quantitative estimate of drug-likeness (QED) is 0.859. The lowest BCUT2D eigenvalue weighted by atomic mass is 10.1. The van der Waals surface area contributed by atoms with Gasteiger partial charge in [-0.05, 0) is 33.2 Å². The summed E-state index contributed by atoms with van der Waals surface area (Å²) in [5.74, 6) is -1.09. The molecule has 1 N–H and O–H groups in total. The number of aliphatic hydroxyl groups is 1. The van der Waals surface area contributed by atoms with Gasteiger partial charge in [0.25, 0.3) is 0 Å². The maximum absolute atomic E-state index is 13.9. The summed E-state index contributed by atoms with van der Waals surface area (Å²) >= 11 is 0. The fourth-order valence-corrected chi connectivity index (χ4v) is 3.01. The van der Waals surface area contributed by atoms with Crippen molar-refractivity contribution in [3.8, 4) is 0 Å². The molecule has 23 heavy (non-hydrogen) atoms. The number of piperazine rings is 1. The number of benzene rings is 1. The first kappa shape index (κ1) is 18.3. The van der Waals surface area contributed by atoms with Crippen molar-refractivity contribution in [2.24, 2.45) is 0 Å². The van der Waals surface area contributed by atoms with Crippen molar-refractivity contribution in [1.82, 2.24) is 14.7 Å². The molecule has 0 bridgehead atoms. The Kier molecular flexibility index (Phi) is 6.47. The molecule has 0 radical (unpaired) electrons. The Balaban J connectivity index is 1.89. The summed E-state index contributed by atoms with van der Waals surface area (Å²) in [6.07, 6.45) is -0.541. The van der Waals surface area contributed by atoms with Crippen molar-refractivity contribution in [3.63, 3.8) is 0 Å². The first-order valence-corrected chi connectivity index (χ1v) is 8.11. The molecule has 6 heteroatoms. The van der Waals surface area contributed by atoms with E-state index in [0.29, 0.717) is 13.1 Å². The normalized spacial score (nSPS) is 20.0. The number of likely N-dealkylation sites (N-methyl/N-ethyl adjacent to an activating group) is 2. The molecule has 0 saturated carbocycles. The zero-order chi connectivity index (χ0) is 17.0. The number of halogens is 2. The predicted molar refractivity (Wildman–Crippen MR) is 87.3 cm³/mol. The van der Waals surface area contributed by atoms with Crippen LogP contribution in [0.3, 0.4) is 0 Å². The average Bonchev–Trinajstić information content (AvgIpc) is 2.49.